The average Bonchev–Trinajstić information content (AvgIpc) is 1.99. The first-order valence-electron chi connectivity index (χ1n) is 4.67. The number of halogens is 2. The van der Waals surface area contributed by atoms with E-state index in [1.807, 2.05) is 0 Å². The van der Waals surface area contributed by atoms with Crippen LogP contribution >= 0.6 is 0 Å². The Morgan fingerprint density at radius 1 is 1.47 bits per heavy atom. The van der Waals surface area contributed by atoms with Crippen molar-refractivity contribution in [2.24, 2.45) is 5.41 Å². The number of amides is 1. The van der Waals surface area contributed by atoms with Crippen LogP contribution in [0.3, 0.4) is 0 Å². The zero-order chi connectivity index (χ0) is 11.6. The van der Waals surface area contributed by atoms with Crippen molar-refractivity contribution >= 4 is 11.9 Å². The highest BCUT2D eigenvalue weighted by molar-refractivity contribution is 6.02. The van der Waals surface area contributed by atoms with Gasteiger partial charge in [0.2, 0.25) is 5.91 Å². The highest BCUT2D eigenvalue weighted by Crippen LogP contribution is 2.42. The van der Waals surface area contributed by atoms with Gasteiger partial charge < -0.3 is 10.0 Å². The summed E-state index contributed by atoms with van der Waals surface area (Å²) in [5.41, 5.74) is -1.44. The largest absolute Gasteiger partial charge is 0.480 e. The van der Waals surface area contributed by atoms with Crippen LogP contribution in [0.2, 0.25) is 0 Å². The van der Waals surface area contributed by atoms with Gasteiger partial charge in [-0.25, -0.2) is 8.78 Å². The van der Waals surface area contributed by atoms with Crippen LogP contribution < -0.4 is 0 Å². The number of hydrogen-bond donors (Lipinski definition) is 1. The molecule has 1 N–H and O–H groups in total. The van der Waals surface area contributed by atoms with Crippen molar-refractivity contribution in [3.05, 3.63) is 0 Å². The van der Waals surface area contributed by atoms with Crippen LogP contribution in [0.15, 0.2) is 0 Å². The SMILES string of the molecule is CN(CC(F)F)C(=O)C1(C(=O)O)CCC1. The summed E-state index contributed by atoms with van der Waals surface area (Å²) in [7, 11) is 1.21. The minimum absolute atomic E-state index is 0.245. The summed E-state index contributed by atoms with van der Waals surface area (Å²) in [5, 5.41) is 8.90. The highest BCUT2D eigenvalue weighted by Gasteiger charge is 2.52. The lowest BCUT2D eigenvalue weighted by Gasteiger charge is -2.38. The molecule has 1 aliphatic rings. The lowest BCUT2D eigenvalue weighted by molar-refractivity contribution is -0.167. The first kappa shape index (κ1) is 11.9. The molecule has 1 saturated carbocycles. The Morgan fingerprint density at radius 2 is 2.00 bits per heavy atom. The molecule has 1 rings (SSSR count). The van der Waals surface area contributed by atoms with E-state index in [0.29, 0.717) is 6.42 Å². The normalized spacial score (nSPS) is 18.4. The fraction of sp³-hybridized carbons (Fsp3) is 0.778. The third-order valence-electron chi connectivity index (χ3n) is 2.78. The van der Waals surface area contributed by atoms with Gasteiger partial charge in [-0.1, -0.05) is 6.42 Å². The topological polar surface area (TPSA) is 57.6 Å². The Kier molecular flexibility index (Phi) is 3.26. The molecular weight excluding hydrogens is 208 g/mol. The maximum atomic E-state index is 12.0. The average molecular weight is 221 g/mol. The second-order valence-electron chi connectivity index (χ2n) is 3.82. The Balaban J connectivity index is 2.69. The van der Waals surface area contributed by atoms with E-state index in [-0.39, 0.29) is 12.8 Å². The zero-order valence-electron chi connectivity index (χ0n) is 8.37. The van der Waals surface area contributed by atoms with E-state index < -0.39 is 30.3 Å². The van der Waals surface area contributed by atoms with Gasteiger partial charge in [0, 0.05) is 7.05 Å². The van der Waals surface area contributed by atoms with Crippen LogP contribution in [-0.4, -0.2) is 41.9 Å². The molecule has 6 heteroatoms. The lowest BCUT2D eigenvalue weighted by Crippen LogP contribution is -2.52. The highest BCUT2D eigenvalue weighted by atomic mass is 19.3. The molecule has 0 aromatic rings. The molecule has 0 aromatic heterocycles. The molecule has 1 fully saturated rings. The first-order chi connectivity index (χ1) is 6.90. The smallest absolute Gasteiger partial charge is 0.319 e. The van der Waals surface area contributed by atoms with Crippen molar-refractivity contribution < 1.29 is 23.5 Å². The van der Waals surface area contributed by atoms with Crippen molar-refractivity contribution in [3.8, 4) is 0 Å². The van der Waals surface area contributed by atoms with Crippen LogP contribution in [-0.2, 0) is 9.59 Å². The zero-order valence-corrected chi connectivity index (χ0v) is 8.37. The predicted molar refractivity (Wildman–Crippen MR) is 47.6 cm³/mol. The van der Waals surface area contributed by atoms with Gasteiger partial charge in [0.25, 0.3) is 6.43 Å². The molecule has 0 heterocycles. The minimum Gasteiger partial charge on any atom is -0.480 e. The van der Waals surface area contributed by atoms with E-state index in [4.69, 9.17) is 5.11 Å². The summed E-state index contributed by atoms with van der Waals surface area (Å²) in [6.07, 6.45) is -1.49. The molecule has 0 atom stereocenters. The third-order valence-corrected chi connectivity index (χ3v) is 2.78. The van der Waals surface area contributed by atoms with Gasteiger partial charge in [0.1, 0.15) is 5.41 Å². The van der Waals surface area contributed by atoms with E-state index in [1.165, 1.54) is 7.05 Å². The molecule has 1 amide bonds. The molecule has 15 heavy (non-hydrogen) atoms. The molecule has 0 aliphatic heterocycles. The maximum Gasteiger partial charge on any atom is 0.319 e. The van der Waals surface area contributed by atoms with Crippen molar-refractivity contribution in [2.45, 2.75) is 25.7 Å². The Labute approximate surface area is 85.9 Å². The van der Waals surface area contributed by atoms with Crippen LogP contribution in [0.5, 0.6) is 0 Å². The van der Waals surface area contributed by atoms with Gasteiger partial charge in [-0.15, -0.1) is 0 Å². The third kappa shape index (κ3) is 2.08. The summed E-state index contributed by atoms with van der Waals surface area (Å²) in [6.45, 7) is -0.714. The van der Waals surface area contributed by atoms with Crippen LogP contribution in [0.1, 0.15) is 19.3 Å². The van der Waals surface area contributed by atoms with Gasteiger partial charge in [-0.2, -0.15) is 0 Å². The van der Waals surface area contributed by atoms with Gasteiger partial charge in [0.05, 0.1) is 6.54 Å². The van der Waals surface area contributed by atoms with E-state index in [2.05, 4.69) is 0 Å². The number of alkyl halides is 2. The molecule has 86 valence electrons. The maximum absolute atomic E-state index is 12.0. The van der Waals surface area contributed by atoms with Crippen LogP contribution in [0.4, 0.5) is 8.78 Å². The summed E-state index contributed by atoms with van der Waals surface area (Å²) in [5.74, 6) is -1.92. The van der Waals surface area contributed by atoms with Crippen molar-refractivity contribution in [3.63, 3.8) is 0 Å². The molecule has 0 saturated heterocycles. The molecule has 0 radical (unpaired) electrons. The molecule has 0 aromatic carbocycles. The number of hydrogen-bond acceptors (Lipinski definition) is 2. The van der Waals surface area contributed by atoms with Crippen LogP contribution in [0.25, 0.3) is 0 Å². The van der Waals surface area contributed by atoms with E-state index in [1.54, 1.807) is 0 Å². The number of carboxylic acid groups (broad SMARTS) is 1. The number of carboxylic acids is 1. The van der Waals surface area contributed by atoms with Crippen molar-refractivity contribution in [2.75, 3.05) is 13.6 Å². The Hall–Kier alpha value is -1.20. The Bertz CT molecular complexity index is 277. The van der Waals surface area contributed by atoms with Crippen LogP contribution in [0, 0.1) is 5.41 Å². The fourth-order valence-corrected chi connectivity index (χ4v) is 1.70. The predicted octanol–water partition coefficient (Wildman–Crippen LogP) is 0.965. The van der Waals surface area contributed by atoms with E-state index in [0.717, 1.165) is 4.90 Å². The first-order valence-corrected chi connectivity index (χ1v) is 4.67. The molecule has 1 aliphatic carbocycles. The monoisotopic (exact) mass is 221 g/mol. The van der Waals surface area contributed by atoms with Gasteiger partial charge >= 0.3 is 5.97 Å². The van der Waals surface area contributed by atoms with E-state index >= 15 is 0 Å². The minimum atomic E-state index is -2.63. The molecule has 0 unspecified atom stereocenters. The Morgan fingerprint density at radius 3 is 2.27 bits per heavy atom. The lowest BCUT2D eigenvalue weighted by atomic mass is 9.68. The van der Waals surface area contributed by atoms with Gasteiger partial charge in [-0.05, 0) is 12.8 Å². The van der Waals surface area contributed by atoms with Crippen molar-refractivity contribution in [1.82, 2.24) is 4.90 Å². The molecular formula is C9H13F2NO3. The van der Waals surface area contributed by atoms with E-state index in [9.17, 15) is 18.4 Å². The molecule has 0 spiro atoms. The standard InChI is InChI=1S/C9H13F2NO3/c1-12(5-6(10)11)7(13)9(8(14)15)3-2-4-9/h6H,2-5H2,1H3,(H,14,15). The number of nitrogens with zero attached hydrogens (tertiary/aromatic N) is 1. The summed E-state index contributed by atoms with van der Waals surface area (Å²) < 4.78 is 24.0. The fourth-order valence-electron chi connectivity index (χ4n) is 1.70. The summed E-state index contributed by atoms with van der Waals surface area (Å²) in [4.78, 5) is 23.3. The van der Waals surface area contributed by atoms with Gasteiger partial charge in [-0.3, -0.25) is 9.59 Å². The summed E-state index contributed by atoms with van der Waals surface area (Å²) in [6, 6.07) is 0. The molecule has 4 nitrogen and oxygen atoms in total. The number of carbonyl (C=O) groups is 2. The number of rotatable bonds is 4. The second-order valence-corrected chi connectivity index (χ2v) is 3.82. The summed E-state index contributed by atoms with van der Waals surface area (Å²) >= 11 is 0. The number of aliphatic carboxylic acids is 1. The second kappa shape index (κ2) is 4.12. The van der Waals surface area contributed by atoms with Gasteiger partial charge in [0.15, 0.2) is 0 Å². The number of carbonyl (C=O) groups excluding carboxylic acids is 1. The quantitative estimate of drug-likeness (QED) is 0.719. The van der Waals surface area contributed by atoms with Crippen molar-refractivity contribution in [1.29, 1.82) is 0 Å². The molecule has 0 bridgehead atoms.